The molecule has 2 fully saturated rings. The lowest BCUT2D eigenvalue weighted by Crippen LogP contribution is -2.40. The van der Waals surface area contributed by atoms with Crippen molar-refractivity contribution in [3.05, 3.63) is 0 Å². The predicted molar refractivity (Wildman–Crippen MR) is 42.0 cm³/mol. The van der Waals surface area contributed by atoms with E-state index in [-0.39, 0.29) is 5.41 Å². The van der Waals surface area contributed by atoms with Crippen LogP contribution in [0.15, 0.2) is 0 Å². The minimum Gasteiger partial charge on any atom is -0.390 e. The maximum atomic E-state index is 9.86. The second-order valence-electron chi connectivity index (χ2n) is 4.88. The topological polar surface area (TPSA) is 40.5 Å². The van der Waals surface area contributed by atoms with E-state index in [1.165, 1.54) is 0 Å². The van der Waals surface area contributed by atoms with Gasteiger partial charge in [0.1, 0.15) is 0 Å². The fourth-order valence-corrected chi connectivity index (χ4v) is 3.03. The molecule has 2 heteroatoms. The number of fused-ring (bicyclic) bond motifs is 1. The standard InChI is InChI=1S/C9H16O2/c1-8(2)5-4-6(10)9(3,11)7(5)8/h5-7,10-11H,4H2,1-3H3. The van der Waals surface area contributed by atoms with Crippen LogP contribution in [-0.4, -0.2) is 21.9 Å². The number of aliphatic hydroxyl groups is 2. The zero-order valence-corrected chi connectivity index (χ0v) is 7.33. The Morgan fingerprint density at radius 3 is 2.09 bits per heavy atom. The van der Waals surface area contributed by atoms with Crippen molar-refractivity contribution in [2.75, 3.05) is 0 Å². The zero-order valence-electron chi connectivity index (χ0n) is 7.33. The van der Waals surface area contributed by atoms with E-state index in [1.807, 2.05) is 0 Å². The van der Waals surface area contributed by atoms with Crippen molar-refractivity contribution in [3.8, 4) is 0 Å². The molecule has 0 bridgehead atoms. The van der Waals surface area contributed by atoms with Crippen molar-refractivity contribution >= 4 is 0 Å². The van der Waals surface area contributed by atoms with E-state index in [9.17, 15) is 10.2 Å². The molecule has 0 aromatic heterocycles. The first-order chi connectivity index (χ1) is 4.88. The molecule has 4 unspecified atom stereocenters. The SMILES string of the molecule is CC1(C)C2CC(O)C(C)(O)C21. The largest absolute Gasteiger partial charge is 0.390 e. The van der Waals surface area contributed by atoms with Crippen molar-refractivity contribution in [3.63, 3.8) is 0 Å². The molecule has 4 atom stereocenters. The van der Waals surface area contributed by atoms with Gasteiger partial charge in [-0.3, -0.25) is 0 Å². The first-order valence-electron chi connectivity index (χ1n) is 4.29. The zero-order chi connectivity index (χ0) is 8.44. The first kappa shape index (κ1) is 7.56. The molecule has 2 saturated carbocycles. The summed E-state index contributed by atoms with van der Waals surface area (Å²) in [6.45, 7) is 6.10. The molecule has 2 aliphatic carbocycles. The van der Waals surface area contributed by atoms with Crippen LogP contribution in [0.25, 0.3) is 0 Å². The van der Waals surface area contributed by atoms with Crippen molar-refractivity contribution in [2.24, 2.45) is 17.3 Å². The van der Waals surface area contributed by atoms with Crippen LogP contribution in [0.2, 0.25) is 0 Å². The maximum Gasteiger partial charge on any atom is 0.0913 e. The fourth-order valence-electron chi connectivity index (χ4n) is 3.03. The Labute approximate surface area is 67.2 Å². The lowest BCUT2D eigenvalue weighted by Gasteiger charge is -2.28. The molecule has 2 nitrogen and oxygen atoms in total. The Hall–Kier alpha value is -0.0800. The highest BCUT2D eigenvalue weighted by Gasteiger charge is 2.71. The minimum atomic E-state index is -0.825. The number of rotatable bonds is 0. The first-order valence-corrected chi connectivity index (χ1v) is 4.29. The second-order valence-corrected chi connectivity index (χ2v) is 4.88. The van der Waals surface area contributed by atoms with Gasteiger partial charge in [-0.1, -0.05) is 13.8 Å². The summed E-state index contributed by atoms with van der Waals surface area (Å²) >= 11 is 0. The van der Waals surface area contributed by atoms with Gasteiger partial charge >= 0.3 is 0 Å². The van der Waals surface area contributed by atoms with Gasteiger partial charge in [-0.15, -0.1) is 0 Å². The summed E-state index contributed by atoms with van der Waals surface area (Å²) in [5.74, 6) is 0.873. The monoisotopic (exact) mass is 156 g/mol. The van der Waals surface area contributed by atoms with Gasteiger partial charge in [-0.2, -0.15) is 0 Å². The minimum absolute atomic E-state index is 0.267. The molecule has 2 N–H and O–H groups in total. The van der Waals surface area contributed by atoms with Gasteiger partial charge in [0, 0.05) is 0 Å². The van der Waals surface area contributed by atoms with Crippen LogP contribution in [0.3, 0.4) is 0 Å². The smallest absolute Gasteiger partial charge is 0.0913 e. The molecule has 0 aliphatic heterocycles. The molecule has 0 spiro atoms. The maximum absolute atomic E-state index is 9.86. The van der Waals surface area contributed by atoms with E-state index >= 15 is 0 Å². The van der Waals surface area contributed by atoms with Crippen LogP contribution >= 0.6 is 0 Å². The summed E-state index contributed by atoms with van der Waals surface area (Å²) in [7, 11) is 0. The Morgan fingerprint density at radius 2 is 1.82 bits per heavy atom. The van der Waals surface area contributed by atoms with Gasteiger partial charge in [-0.25, -0.2) is 0 Å². The summed E-state index contributed by atoms with van der Waals surface area (Å²) in [6.07, 6.45) is 0.288. The van der Waals surface area contributed by atoms with Crippen molar-refractivity contribution in [1.29, 1.82) is 0 Å². The van der Waals surface area contributed by atoms with E-state index in [1.54, 1.807) is 6.92 Å². The molecule has 2 aliphatic rings. The molecule has 0 amide bonds. The molecule has 64 valence electrons. The number of aliphatic hydroxyl groups excluding tert-OH is 1. The number of hydrogen-bond acceptors (Lipinski definition) is 2. The van der Waals surface area contributed by atoms with E-state index < -0.39 is 11.7 Å². The molecule has 0 radical (unpaired) electrons. The Morgan fingerprint density at radius 1 is 1.27 bits per heavy atom. The molecule has 0 aromatic rings. The highest BCUT2D eigenvalue weighted by atomic mass is 16.3. The van der Waals surface area contributed by atoms with Crippen molar-refractivity contribution in [1.82, 2.24) is 0 Å². The third-order valence-electron chi connectivity index (χ3n) is 3.83. The van der Waals surface area contributed by atoms with Gasteiger partial charge in [0.25, 0.3) is 0 Å². The molecular weight excluding hydrogens is 140 g/mol. The molecule has 0 aromatic carbocycles. The van der Waals surface area contributed by atoms with E-state index in [4.69, 9.17) is 0 Å². The van der Waals surface area contributed by atoms with Crippen LogP contribution in [0.5, 0.6) is 0 Å². The normalized spacial score (nSPS) is 59.2. The lowest BCUT2D eigenvalue weighted by atomic mass is 9.88. The van der Waals surface area contributed by atoms with Crippen LogP contribution in [-0.2, 0) is 0 Å². The quantitative estimate of drug-likeness (QED) is 0.544. The summed E-state index contributed by atoms with van der Waals surface area (Å²) in [6, 6.07) is 0. The average molecular weight is 156 g/mol. The van der Waals surface area contributed by atoms with E-state index in [0.717, 1.165) is 6.42 Å². The van der Waals surface area contributed by atoms with Gasteiger partial charge < -0.3 is 10.2 Å². The molecular formula is C9H16O2. The Balaban J connectivity index is 2.24. The number of hydrogen-bond donors (Lipinski definition) is 2. The van der Waals surface area contributed by atoms with Gasteiger partial charge in [0.15, 0.2) is 0 Å². The average Bonchev–Trinajstić information content (AvgIpc) is 2.23. The van der Waals surface area contributed by atoms with E-state index in [2.05, 4.69) is 13.8 Å². The summed E-state index contributed by atoms with van der Waals surface area (Å²) in [4.78, 5) is 0. The molecule has 0 saturated heterocycles. The Kier molecular flexibility index (Phi) is 1.13. The van der Waals surface area contributed by atoms with Gasteiger partial charge in [-0.05, 0) is 30.6 Å². The highest BCUT2D eigenvalue weighted by Crippen LogP contribution is 2.70. The van der Waals surface area contributed by atoms with Crippen molar-refractivity contribution in [2.45, 2.75) is 38.9 Å². The van der Waals surface area contributed by atoms with Gasteiger partial charge in [0.2, 0.25) is 0 Å². The van der Waals surface area contributed by atoms with Crippen LogP contribution < -0.4 is 0 Å². The fraction of sp³-hybridized carbons (Fsp3) is 1.00. The van der Waals surface area contributed by atoms with Crippen LogP contribution in [0.4, 0.5) is 0 Å². The molecule has 11 heavy (non-hydrogen) atoms. The highest BCUT2D eigenvalue weighted by molar-refractivity contribution is 5.20. The Bertz CT molecular complexity index is 196. The van der Waals surface area contributed by atoms with Gasteiger partial charge in [0.05, 0.1) is 11.7 Å². The third-order valence-corrected chi connectivity index (χ3v) is 3.83. The van der Waals surface area contributed by atoms with Crippen molar-refractivity contribution < 1.29 is 10.2 Å². The second kappa shape index (κ2) is 1.64. The van der Waals surface area contributed by atoms with Crippen LogP contribution in [0.1, 0.15) is 27.2 Å². The summed E-state index contributed by atoms with van der Waals surface area (Å²) < 4.78 is 0. The van der Waals surface area contributed by atoms with E-state index in [0.29, 0.717) is 11.8 Å². The summed E-state index contributed by atoms with van der Waals surface area (Å²) in [5.41, 5.74) is -0.559. The van der Waals surface area contributed by atoms with Crippen LogP contribution in [0, 0.1) is 17.3 Å². The predicted octanol–water partition coefficient (Wildman–Crippen LogP) is 0.774. The molecule has 2 rings (SSSR count). The summed E-state index contributed by atoms with van der Waals surface area (Å²) in [5, 5.41) is 19.3. The molecule has 0 heterocycles. The third kappa shape index (κ3) is 0.695. The lowest BCUT2D eigenvalue weighted by molar-refractivity contribution is -0.0701.